The first-order valence-electron chi connectivity index (χ1n) is 5.69. The molecular formula is C13H20ClNO2. The summed E-state index contributed by atoms with van der Waals surface area (Å²) in [5, 5.41) is 10.7. The second kappa shape index (κ2) is 6.24. The van der Waals surface area contributed by atoms with Gasteiger partial charge < -0.3 is 14.7 Å². The standard InChI is InChI=1S/C13H20ClNO2/c1-9(2)17-13-10(6-5-7-11(13)14)12(16)8-15(3)4/h5-7,9,12,16H,8H2,1-4H3. The molecule has 1 unspecified atom stereocenters. The van der Waals surface area contributed by atoms with Crippen LogP contribution in [0, 0.1) is 0 Å². The smallest absolute Gasteiger partial charge is 0.144 e. The van der Waals surface area contributed by atoms with Gasteiger partial charge in [-0.25, -0.2) is 0 Å². The third-order valence-electron chi connectivity index (χ3n) is 2.25. The lowest BCUT2D eigenvalue weighted by Gasteiger charge is -2.21. The molecule has 0 saturated heterocycles. The Balaban J connectivity index is 3.01. The molecule has 1 N–H and O–H groups in total. The average Bonchev–Trinajstić information content (AvgIpc) is 2.19. The molecule has 0 fully saturated rings. The summed E-state index contributed by atoms with van der Waals surface area (Å²) in [6, 6.07) is 5.44. The van der Waals surface area contributed by atoms with Gasteiger partial charge in [0, 0.05) is 12.1 Å². The molecule has 1 aromatic carbocycles. The van der Waals surface area contributed by atoms with Gasteiger partial charge in [-0.1, -0.05) is 23.7 Å². The second-order valence-corrected chi connectivity index (χ2v) is 5.01. The molecule has 0 amide bonds. The van der Waals surface area contributed by atoms with Crippen LogP contribution < -0.4 is 4.74 Å². The van der Waals surface area contributed by atoms with Gasteiger partial charge in [-0.05, 0) is 34.0 Å². The Kier molecular flexibility index (Phi) is 5.25. The Morgan fingerprint density at radius 2 is 2.00 bits per heavy atom. The molecule has 0 aromatic heterocycles. The minimum Gasteiger partial charge on any atom is -0.489 e. The minimum absolute atomic E-state index is 0.0280. The second-order valence-electron chi connectivity index (χ2n) is 4.60. The van der Waals surface area contributed by atoms with Crippen LogP contribution in [0.15, 0.2) is 18.2 Å². The highest BCUT2D eigenvalue weighted by Gasteiger charge is 2.17. The number of aliphatic hydroxyl groups is 1. The van der Waals surface area contributed by atoms with Crippen molar-refractivity contribution in [2.45, 2.75) is 26.1 Å². The molecule has 4 heteroatoms. The summed E-state index contributed by atoms with van der Waals surface area (Å²) in [7, 11) is 3.83. The number of rotatable bonds is 5. The van der Waals surface area contributed by atoms with Crippen molar-refractivity contribution < 1.29 is 9.84 Å². The molecule has 1 atom stereocenters. The number of para-hydroxylation sites is 1. The molecule has 0 bridgehead atoms. The van der Waals surface area contributed by atoms with E-state index in [0.717, 1.165) is 5.56 Å². The molecule has 1 aromatic rings. The summed E-state index contributed by atoms with van der Waals surface area (Å²) in [6.45, 7) is 4.41. The zero-order valence-corrected chi connectivity index (χ0v) is 11.5. The molecule has 0 saturated carbocycles. The molecule has 0 spiro atoms. The normalized spacial score (nSPS) is 13.2. The summed E-state index contributed by atoms with van der Waals surface area (Å²) in [5.41, 5.74) is 0.736. The third kappa shape index (κ3) is 4.19. The fraction of sp³-hybridized carbons (Fsp3) is 0.538. The molecule has 0 heterocycles. The molecule has 0 aliphatic rings. The van der Waals surface area contributed by atoms with Crippen molar-refractivity contribution in [1.82, 2.24) is 4.90 Å². The van der Waals surface area contributed by atoms with E-state index in [2.05, 4.69) is 0 Å². The molecule has 96 valence electrons. The Hall–Kier alpha value is -0.770. The topological polar surface area (TPSA) is 32.7 Å². The largest absolute Gasteiger partial charge is 0.489 e. The lowest BCUT2D eigenvalue weighted by Crippen LogP contribution is -2.21. The Morgan fingerprint density at radius 1 is 1.35 bits per heavy atom. The molecule has 0 aliphatic heterocycles. The van der Waals surface area contributed by atoms with Crippen LogP contribution in [0.4, 0.5) is 0 Å². The summed E-state index contributed by atoms with van der Waals surface area (Å²) in [4.78, 5) is 1.92. The van der Waals surface area contributed by atoms with Crippen LogP contribution in [-0.4, -0.2) is 36.8 Å². The van der Waals surface area contributed by atoms with Crippen LogP contribution in [0.2, 0.25) is 5.02 Å². The lowest BCUT2D eigenvalue weighted by molar-refractivity contribution is 0.131. The predicted molar refractivity (Wildman–Crippen MR) is 70.7 cm³/mol. The number of nitrogens with zero attached hydrogens (tertiary/aromatic N) is 1. The fourth-order valence-corrected chi connectivity index (χ4v) is 1.82. The highest BCUT2D eigenvalue weighted by molar-refractivity contribution is 6.32. The van der Waals surface area contributed by atoms with Crippen molar-refractivity contribution in [2.24, 2.45) is 0 Å². The van der Waals surface area contributed by atoms with E-state index in [1.165, 1.54) is 0 Å². The van der Waals surface area contributed by atoms with Crippen molar-refractivity contribution in [1.29, 1.82) is 0 Å². The van der Waals surface area contributed by atoms with Gasteiger partial charge in [-0.2, -0.15) is 0 Å². The van der Waals surface area contributed by atoms with Crippen molar-refractivity contribution in [3.05, 3.63) is 28.8 Å². The van der Waals surface area contributed by atoms with E-state index < -0.39 is 6.10 Å². The summed E-state index contributed by atoms with van der Waals surface area (Å²) >= 11 is 6.10. The summed E-state index contributed by atoms with van der Waals surface area (Å²) in [6.07, 6.45) is -0.572. The van der Waals surface area contributed by atoms with Crippen LogP contribution in [0.25, 0.3) is 0 Å². The maximum Gasteiger partial charge on any atom is 0.144 e. The van der Waals surface area contributed by atoms with E-state index in [1.54, 1.807) is 6.07 Å². The first-order valence-corrected chi connectivity index (χ1v) is 6.07. The monoisotopic (exact) mass is 257 g/mol. The number of ether oxygens (including phenoxy) is 1. The number of benzene rings is 1. The maximum absolute atomic E-state index is 10.1. The number of likely N-dealkylation sites (N-methyl/N-ethyl adjacent to an activating group) is 1. The predicted octanol–water partition coefficient (Wildman–Crippen LogP) is 2.72. The van der Waals surface area contributed by atoms with Gasteiger partial charge in [0.1, 0.15) is 5.75 Å². The zero-order valence-electron chi connectivity index (χ0n) is 10.8. The number of hydrogen-bond donors (Lipinski definition) is 1. The highest BCUT2D eigenvalue weighted by Crippen LogP contribution is 2.33. The van der Waals surface area contributed by atoms with Gasteiger partial charge in [0.15, 0.2) is 0 Å². The summed E-state index contributed by atoms with van der Waals surface area (Å²) < 4.78 is 5.67. The van der Waals surface area contributed by atoms with E-state index >= 15 is 0 Å². The van der Waals surface area contributed by atoms with Crippen LogP contribution in [0.3, 0.4) is 0 Å². The quantitative estimate of drug-likeness (QED) is 0.881. The average molecular weight is 258 g/mol. The van der Waals surface area contributed by atoms with Crippen molar-refractivity contribution >= 4 is 11.6 Å². The first kappa shape index (κ1) is 14.3. The van der Waals surface area contributed by atoms with Gasteiger partial charge in [0.25, 0.3) is 0 Å². The van der Waals surface area contributed by atoms with Crippen molar-refractivity contribution in [3.63, 3.8) is 0 Å². The maximum atomic E-state index is 10.1. The number of hydrogen-bond acceptors (Lipinski definition) is 3. The lowest BCUT2D eigenvalue weighted by atomic mass is 10.1. The van der Waals surface area contributed by atoms with Gasteiger partial charge >= 0.3 is 0 Å². The zero-order chi connectivity index (χ0) is 13.0. The SMILES string of the molecule is CC(C)Oc1c(Cl)cccc1C(O)CN(C)C. The van der Waals surface area contributed by atoms with Gasteiger partial charge in [-0.15, -0.1) is 0 Å². The Morgan fingerprint density at radius 3 is 2.53 bits per heavy atom. The molecule has 0 aliphatic carbocycles. The number of aliphatic hydroxyl groups excluding tert-OH is 1. The summed E-state index contributed by atoms with van der Waals surface area (Å²) in [5.74, 6) is 0.582. The first-order chi connectivity index (χ1) is 7.91. The van der Waals surface area contributed by atoms with Crippen LogP contribution >= 0.6 is 11.6 Å². The van der Waals surface area contributed by atoms with E-state index in [9.17, 15) is 5.11 Å². The number of halogens is 1. The highest BCUT2D eigenvalue weighted by atomic mass is 35.5. The van der Waals surface area contributed by atoms with E-state index in [4.69, 9.17) is 16.3 Å². The Labute approximate surface area is 108 Å². The molecule has 0 radical (unpaired) electrons. The van der Waals surface area contributed by atoms with Gasteiger partial charge in [0.05, 0.1) is 17.2 Å². The van der Waals surface area contributed by atoms with Crippen LogP contribution in [-0.2, 0) is 0 Å². The van der Waals surface area contributed by atoms with Crippen LogP contribution in [0.5, 0.6) is 5.75 Å². The minimum atomic E-state index is -0.600. The van der Waals surface area contributed by atoms with E-state index in [0.29, 0.717) is 17.3 Å². The molecular weight excluding hydrogens is 238 g/mol. The van der Waals surface area contributed by atoms with Crippen molar-refractivity contribution in [2.75, 3.05) is 20.6 Å². The molecule has 17 heavy (non-hydrogen) atoms. The molecule has 3 nitrogen and oxygen atoms in total. The van der Waals surface area contributed by atoms with E-state index in [-0.39, 0.29) is 6.10 Å². The van der Waals surface area contributed by atoms with E-state index in [1.807, 2.05) is 45.0 Å². The van der Waals surface area contributed by atoms with Gasteiger partial charge in [0.2, 0.25) is 0 Å². The molecule has 1 rings (SSSR count). The van der Waals surface area contributed by atoms with Gasteiger partial charge in [-0.3, -0.25) is 0 Å². The Bertz CT molecular complexity index is 366. The third-order valence-corrected chi connectivity index (χ3v) is 2.55. The van der Waals surface area contributed by atoms with Crippen LogP contribution in [0.1, 0.15) is 25.5 Å². The fourth-order valence-electron chi connectivity index (χ4n) is 1.59. The van der Waals surface area contributed by atoms with Crippen molar-refractivity contribution in [3.8, 4) is 5.75 Å².